The van der Waals surface area contributed by atoms with E-state index in [1.54, 1.807) is 12.3 Å². The molecule has 0 spiro atoms. The molecule has 0 saturated heterocycles. The van der Waals surface area contributed by atoms with Gasteiger partial charge in [0, 0.05) is 42.2 Å². The number of fused-ring (bicyclic) bond motifs is 1. The third-order valence-corrected chi connectivity index (χ3v) is 5.06. The average Bonchev–Trinajstić information content (AvgIpc) is 3.38. The second-order valence-corrected chi connectivity index (χ2v) is 7.05. The van der Waals surface area contributed by atoms with Crippen molar-refractivity contribution in [3.63, 3.8) is 0 Å². The van der Waals surface area contributed by atoms with Crippen molar-refractivity contribution in [2.24, 2.45) is 0 Å². The van der Waals surface area contributed by atoms with E-state index in [-0.39, 0.29) is 11.7 Å². The lowest BCUT2D eigenvalue weighted by molar-refractivity contribution is -0.121. The summed E-state index contributed by atoms with van der Waals surface area (Å²) >= 11 is 0. The highest BCUT2D eigenvalue weighted by molar-refractivity contribution is 5.80. The SMILES string of the molecule is O=C(CCCn1ccc2cc(F)ccc21)NCCc1ccccc1-c1ccco1. The number of carbonyl (C=O) groups is 1. The normalized spacial score (nSPS) is 11.1. The highest BCUT2D eigenvalue weighted by atomic mass is 19.1. The first kappa shape index (κ1) is 19.0. The van der Waals surface area contributed by atoms with Gasteiger partial charge in [0.2, 0.25) is 5.91 Å². The number of benzene rings is 2. The molecule has 0 fully saturated rings. The van der Waals surface area contributed by atoms with Crippen LogP contribution in [0.3, 0.4) is 0 Å². The summed E-state index contributed by atoms with van der Waals surface area (Å²) in [5.74, 6) is 0.650. The molecule has 0 saturated carbocycles. The molecular formula is C24H23FN2O2. The van der Waals surface area contributed by atoms with Crippen molar-refractivity contribution in [3.05, 3.63) is 84.5 Å². The molecule has 0 unspecified atom stereocenters. The van der Waals surface area contributed by atoms with Gasteiger partial charge in [-0.15, -0.1) is 0 Å². The molecule has 5 heteroatoms. The second-order valence-electron chi connectivity index (χ2n) is 7.05. The maximum Gasteiger partial charge on any atom is 0.220 e. The highest BCUT2D eigenvalue weighted by Gasteiger charge is 2.08. The van der Waals surface area contributed by atoms with Gasteiger partial charge < -0.3 is 14.3 Å². The number of hydrogen-bond acceptors (Lipinski definition) is 2. The molecule has 1 N–H and O–H groups in total. The van der Waals surface area contributed by atoms with Gasteiger partial charge in [0.15, 0.2) is 0 Å². The summed E-state index contributed by atoms with van der Waals surface area (Å²) in [6.45, 7) is 1.31. The fourth-order valence-electron chi connectivity index (χ4n) is 3.61. The Labute approximate surface area is 169 Å². The average molecular weight is 390 g/mol. The van der Waals surface area contributed by atoms with Gasteiger partial charge >= 0.3 is 0 Å². The number of amides is 1. The summed E-state index contributed by atoms with van der Waals surface area (Å²) in [5, 5.41) is 3.88. The van der Waals surface area contributed by atoms with E-state index in [0.717, 1.165) is 47.2 Å². The second kappa shape index (κ2) is 8.78. The largest absolute Gasteiger partial charge is 0.464 e. The Hall–Kier alpha value is -3.34. The molecule has 4 rings (SSSR count). The molecule has 0 radical (unpaired) electrons. The zero-order valence-electron chi connectivity index (χ0n) is 16.1. The number of carbonyl (C=O) groups excluding carboxylic acids is 1. The van der Waals surface area contributed by atoms with Crippen molar-refractivity contribution in [1.29, 1.82) is 0 Å². The smallest absolute Gasteiger partial charge is 0.220 e. The van der Waals surface area contributed by atoms with Crippen LogP contribution in [0.2, 0.25) is 0 Å². The molecule has 2 aromatic heterocycles. The van der Waals surface area contributed by atoms with E-state index in [1.165, 1.54) is 12.1 Å². The lowest BCUT2D eigenvalue weighted by atomic mass is 10.0. The molecular weight excluding hydrogens is 367 g/mol. The predicted molar refractivity (Wildman–Crippen MR) is 112 cm³/mol. The zero-order valence-corrected chi connectivity index (χ0v) is 16.1. The van der Waals surface area contributed by atoms with Crippen molar-refractivity contribution < 1.29 is 13.6 Å². The molecule has 0 aliphatic heterocycles. The van der Waals surface area contributed by atoms with Crippen LogP contribution in [0, 0.1) is 5.82 Å². The van der Waals surface area contributed by atoms with E-state index in [0.29, 0.717) is 13.0 Å². The minimum absolute atomic E-state index is 0.0444. The van der Waals surface area contributed by atoms with Crippen LogP contribution < -0.4 is 5.32 Å². The van der Waals surface area contributed by atoms with Crippen molar-refractivity contribution in [2.45, 2.75) is 25.8 Å². The zero-order chi connectivity index (χ0) is 20.1. The van der Waals surface area contributed by atoms with E-state index in [9.17, 15) is 9.18 Å². The Morgan fingerprint density at radius 3 is 2.83 bits per heavy atom. The van der Waals surface area contributed by atoms with Crippen molar-refractivity contribution in [3.8, 4) is 11.3 Å². The Morgan fingerprint density at radius 2 is 1.97 bits per heavy atom. The maximum atomic E-state index is 13.3. The molecule has 2 heterocycles. The van der Waals surface area contributed by atoms with Gasteiger partial charge in [-0.3, -0.25) is 4.79 Å². The van der Waals surface area contributed by atoms with Crippen LogP contribution in [-0.2, 0) is 17.8 Å². The quantitative estimate of drug-likeness (QED) is 0.451. The number of furan rings is 1. The van der Waals surface area contributed by atoms with E-state index in [2.05, 4.69) is 16.0 Å². The minimum atomic E-state index is -0.233. The van der Waals surface area contributed by atoms with Crippen LogP contribution in [0.1, 0.15) is 18.4 Å². The van der Waals surface area contributed by atoms with Gasteiger partial charge in [0.25, 0.3) is 0 Å². The van der Waals surface area contributed by atoms with E-state index in [1.807, 2.05) is 42.6 Å². The highest BCUT2D eigenvalue weighted by Crippen LogP contribution is 2.24. The molecule has 2 aromatic carbocycles. The minimum Gasteiger partial charge on any atom is -0.464 e. The number of rotatable bonds is 8. The molecule has 4 nitrogen and oxygen atoms in total. The Bertz CT molecular complexity index is 1100. The number of halogens is 1. The van der Waals surface area contributed by atoms with Crippen LogP contribution in [0.4, 0.5) is 4.39 Å². The molecule has 0 atom stereocenters. The topological polar surface area (TPSA) is 47.2 Å². The summed E-state index contributed by atoms with van der Waals surface area (Å²) in [5.41, 5.74) is 3.19. The number of nitrogens with one attached hydrogen (secondary N) is 1. The first-order valence-electron chi connectivity index (χ1n) is 9.83. The van der Waals surface area contributed by atoms with Gasteiger partial charge in [-0.2, -0.15) is 0 Å². The van der Waals surface area contributed by atoms with Crippen molar-refractivity contribution >= 4 is 16.8 Å². The number of aromatic nitrogens is 1. The lowest BCUT2D eigenvalue weighted by Crippen LogP contribution is -2.25. The monoisotopic (exact) mass is 390 g/mol. The van der Waals surface area contributed by atoms with Crippen LogP contribution >= 0.6 is 0 Å². The van der Waals surface area contributed by atoms with Gasteiger partial charge in [-0.25, -0.2) is 4.39 Å². The van der Waals surface area contributed by atoms with Crippen LogP contribution in [0.25, 0.3) is 22.2 Å². The van der Waals surface area contributed by atoms with E-state index in [4.69, 9.17) is 4.42 Å². The van der Waals surface area contributed by atoms with E-state index < -0.39 is 0 Å². The molecule has 148 valence electrons. The number of hydrogen-bond donors (Lipinski definition) is 1. The molecule has 0 aliphatic carbocycles. The number of nitrogens with zero attached hydrogens (tertiary/aromatic N) is 1. The lowest BCUT2D eigenvalue weighted by Gasteiger charge is -2.09. The third kappa shape index (κ3) is 4.57. The summed E-state index contributed by atoms with van der Waals surface area (Å²) < 4.78 is 20.8. The van der Waals surface area contributed by atoms with Gasteiger partial charge in [0.1, 0.15) is 11.6 Å². The Balaban J connectivity index is 1.25. The molecule has 0 aliphatic rings. The van der Waals surface area contributed by atoms with Crippen LogP contribution in [-0.4, -0.2) is 17.0 Å². The summed E-state index contributed by atoms with van der Waals surface area (Å²) in [6.07, 6.45) is 5.54. The van der Waals surface area contributed by atoms with Gasteiger partial charge in [-0.1, -0.05) is 24.3 Å². The first-order chi connectivity index (χ1) is 14.2. The standard InChI is InChI=1S/C24H23FN2O2/c25-20-9-10-22-19(17-20)12-15-27(22)14-3-8-24(28)26-13-11-18-5-1-2-6-21(18)23-7-4-16-29-23/h1-2,4-7,9-10,12,15-17H,3,8,11,13-14H2,(H,26,28). The Morgan fingerprint density at radius 1 is 1.07 bits per heavy atom. The summed E-state index contributed by atoms with van der Waals surface area (Å²) in [7, 11) is 0. The molecule has 1 amide bonds. The van der Waals surface area contributed by atoms with Gasteiger partial charge in [0.05, 0.1) is 6.26 Å². The number of aryl methyl sites for hydroxylation is 1. The maximum absolute atomic E-state index is 13.3. The van der Waals surface area contributed by atoms with Gasteiger partial charge in [-0.05, 0) is 54.8 Å². The Kier molecular flexibility index (Phi) is 5.75. The predicted octanol–water partition coefficient (Wildman–Crippen LogP) is 5.18. The summed E-state index contributed by atoms with van der Waals surface area (Å²) in [6, 6.07) is 18.6. The third-order valence-electron chi connectivity index (χ3n) is 5.06. The molecule has 29 heavy (non-hydrogen) atoms. The van der Waals surface area contributed by atoms with Crippen molar-refractivity contribution in [2.75, 3.05) is 6.54 Å². The van der Waals surface area contributed by atoms with Crippen molar-refractivity contribution in [1.82, 2.24) is 9.88 Å². The van der Waals surface area contributed by atoms with Crippen LogP contribution in [0.15, 0.2) is 77.5 Å². The molecule has 4 aromatic rings. The molecule has 0 bridgehead atoms. The summed E-state index contributed by atoms with van der Waals surface area (Å²) in [4.78, 5) is 12.2. The van der Waals surface area contributed by atoms with E-state index >= 15 is 0 Å². The fourth-order valence-corrected chi connectivity index (χ4v) is 3.61. The van der Waals surface area contributed by atoms with Crippen LogP contribution in [0.5, 0.6) is 0 Å². The first-order valence-corrected chi connectivity index (χ1v) is 9.83. The fraction of sp³-hybridized carbons (Fsp3) is 0.208.